The topological polar surface area (TPSA) is 105 Å². The Kier molecular flexibility index (Phi) is 4.50. The number of benzene rings is 1. The van der Waals surface area contributed by atoms with Crippen LogP contribution in [0.15, 0.2) is 23.1 Å². The fourth-order valence-corrected chi connectivity index (χ4v) is 3.19. The third-order valence-corrected chi connectivity index (χ3v) is 4.93. The second-order valence-corrected chi connectivity index (χ2v) is 6.78. The Morgan fingerprint density at radius 2 is 2.14 bits per heavy atom. The Morgan fingerprint density at radius 1 is 1.43 bits per heavy atom. The van der Waals surface area contributed by atoms with E-state index in [1.54, 1.807) is 13.8 Å². The molecule has 3 N–H and O–H groups in total. The molecular weight excluding hydrogens is 296 g/mol. The van der Waals surface area contributed by atoms with Gasteiger partial charge in [-0.3, -0.25) is 4.79 Å². The van der Waals surface area contributed by atoms with Crippen LogP contribution in [0.2, 0.25) is 0 Å². The zero-order chi connectivity index (χ0) is 15.6. The van der Waals surface area contributed by atoms with Gasteiger partial charge in [0.2, 0.25) is 10.0 Å². The summed E-state index contributed by atoms with van der Waals surface area (Å²) in [5.74, 6) is -0.0990. The molecule has 1 aromatic carbocycles. The standard InChI is InChI=1S/C13H18N2O5S/c1-8(6-16)9(2)15-21(18,19)10-3-4-12-11(5-10)14-13(17)7-20-12/h3-5,8-9,15-16H,6-7H2,1-2H3,(H,14,17). The van der Waals surface area contributed by atoms with Crippen LogP contribution in [0.1, 0.15) is 13.8 Å². The summed E-state index contributed by atoms with van der Waals surface area (Å²) in [6.45, 7) is 3.23. The van der Waals surface area contributed by atoms with E-state index in [2.05, 4.69) is 10.0 Å². The maximum Gasteiger partial charge on any atom is 0.262 e. The van der Waals surface area contributed by atoms with Crippen molar-refractivity contribution in [3.8, 4) is 5.75 Å². The van der Waals surface area contributed by atoms with E-state index in [0.29, 0.717) is 11.4 Å². The van der Waals surface area contributed by atoms with E-state index in [1.807, 2.05) is 0 Å². The van der Waals surface area contributed by atoms with Crippen LogP contribution in [0.4, 0.5) is 5.69 Å². The van der Waals surface area contributed by atoms with Gasteiger partial charge in [-0.2, -0.15) is 0 Å². The van der Waals surface area contributed by atoms with Gasteiger partial charge in [-0.15, -0.1) is 0 Å². The number of fused-ring (bicyclic) bond motifs is 1. The summed E-state index contributed by atoms with van der Waals surface area (Å²) in [7, 11) is -3.73. The number of hydrogen-bond donors (Lipinski definition) is 3. The van der Waals surface area contributed by atoms with Gasteiger partial charge in [0.05, 0.1) is 10.6 Å². The lowest BCUT2D eigenvalue weighted by Crippen LogP contribution is -2.38. The minimum Gasteiger partial charge on any atom is -0.482 e. The molecule has 2 rings (SSSR count). The number of carbonyl (C=O) groups is 1. The van der Waals surface area contributed by atoms with E-state index in [-0.39, 0.29) is 29.9 Å². The van der Waals surface area contributed by atoms with Crippen LogP contribution < -0.4 is 14.8 Å². The number of ether oxygens (including phenoxy) is 1. The fraction of sp³-hybridized carbons (Fsp3) is 0.462. The first-order valence-corrected chi connectivity index (χ1v) is 8.01. The number of carbonyl (C=O) groups excluding carboxylic acids is 1. The monoisotopic (exact) mass is 314 g/mol. The maximum atomic E-state index is 12.3. The van der Waals surface area contributed by atoms with Gasteiger partial charge < -0.3 is 15.2 Å². The number of nitrogens with one attached hydrogen (secondary N) is 2. The molecule has 0 saturated heterocycles. The SMILES string of the molecule is CC(CO)C(C)NS(=O)(=O)c1ccc2c(c1)NC(=O)CO2. The number of rotatable bonds is 5. The molecule has 1 aliphatic heterocycles. The van der Waals surface area contributed by atoms with Crippen molar-refractivity contribution < 1.29 is 23.1 Å². The molecule has 2 unspecified atom stereocenters. The van der Waals surface area contributed by atoms with Crippen molar-refractivity contribution in [1.82, 2.24) is 4.72 Å². The van der Waals surface area contributed by atoms with E-state index >= 15 is 0 Å². The van der Waals surface area contributed by atoms with E-state index < -0.39 is 16.1 Å². The van der Waals surface area contributed by atoms with Crippen molar-refractivity contribution in [2.45, 2.75) is 24.8 Å². The van der Waals surface area contributed by atoms with Crippen molar-refractivity contribution in [3.05, 3.63) is 18.2 Å². The summed E-state index contributed by atoms with van der Waals surface area (Å²) in [4.78, 5) is 11.3. The lowest BCUT2D eigenvalue weighted by Gasteiger charge is -2.21. The maximum absolute atomic E-state index is 12.3. The number of aliphatic hydroxyl groups is 1. The third-order valence-electron chi connectivity index (χ3n) is 3.38. The molecule has 116 valence electrons. The smallest absolute Gasteiger partial charge is 0.262 e. The van der Waals surface area contributed by atoms with Crippen molar-refractivity contribution >= 4 is 21.6 Å². The Balaban J connectivity index is 2.25. The van der Waals surface area contributed by atoms with Crippen LogP contribution in [0.3, 0.4) is 0 Å². The molecule has 0 saturated carbocycles. The van der Waals surface area contributed by atoms with Crippen LogP contribution in [0.5, 0.6) is 5.75 Å². The number of aliphatic hydroxyl groups excluding tert-OH is 1. The molecule has 7 nitrogen and oxygen atoms in total. The van der Waals surface area contributed by atoms with E-state index in [1.165, 1.54) is 18.2 Å². The summed E-state index contributed by atoms with van der Waals surface area (Å²) < 4.78 is 32.2. The Morgan fingerprint density at radius 3 is 2.81 bits per heavy atom. The first-order valence-electron chi connectivity index (χ1n) is 6.53. The highest BCUT2D eigenvalue weighted by Gasteiger charge is 2.23. The van der Waals surface area contributed by atoms with Crippen molar-refractivity contribution in [3.63, 3.8) is 0 Å². The summed E-state index contributed by atoms with van der Waals surface area (Å²) in [6, 6.07) is 3.85. The van der Waals surface area contributed by atoms with E-state index in [4.69, 9.17) is 9.84 Å². The Hall–Kier alpha value is -1.64. The number of hydrogen-bond acceptors (Lipinski definition) is 5. The summed E-state index contributed by atoms with van der Waals surface area (Å²) >= 11 is 0. The van der Waals surface area contributed by atoms with Crippen LogP contribution >= 0.6 is 0 Å². The molecule has 8 heteroatoms. The highest BCUT2D eigenvalue weighted by molar-refractivity contribution is 7.89. The largest absolute Gasteiger partial charge is 0.482 e. The Bertz CT molecular complexity index is 644. The normalized spacial score (nSPS) is 17.4. The van der Waals surface area contributed by atoms with Gasteiger partial charge in [-0.25, -0.2) is 13.1 Å². The second kappa shape index (κ2) is 6.00. The minimum atomic E-state index is -3.73. The first kappa shape index (κ1) is 15.7. The molecule has 0 radical (unpaired) electrons. The quantitative estimate of drug-likeness (QED) is 0.725. The van der Waals surface area contributed by atoms with Gasteiger partial charge >= 0.3 is 0 Å². The fourth-order valence-electron chi connectivity index (χ4n) is 1.82. The van der Waals surface area contributed by atoms with Crippen molar-refractivity contribution in [2.75, 3.05) is 18.5 Å². The third kappa shape index (κ3) is 3.52. The number of anilines is 1. The zero-order valence-corrected chi connectivity index (χ0v) is 12.6. The molecule has 1 aromatic rings. The lowest BCUT2D eigenvalue weighted by molar-refractivity contribution is -0.118. The van der Waals surface area contributed by atoms with Crippen molar-refractivity contribution in [2.24, 2.45) is 5.92 Å². The number of amides is 1. The van der Waals surface area contributed by atoms with Gasteiger partial charge in [-0.1, -0.05) is 6.92 Å². The van der Waals surface area contributed by atoms with Crippen LogP contribution in [-0.4, -0.2) is 38.7 Å². The summed E-state index contributed by atoms with van der Waals surface area (Å²) in [5, 5.41) is 11.6. The molecule has 21 heavy (non-hydrogen) atoms. The summed E-state index contributed by atoms with van der Waals surface area (Å²) in [6.07, 6.45) is 0. The van der Waals surface area contributed by atoms with Crippen LogP contribution in [0, 0.1) is 5.92 Å². The molecule has 0 bridgehead atoms. The van der Waals surface area contributed by atoms with Gasteiger partial charge in [-0.05, 0) is 31.0 Å². The number of sulfonamides is 1. The molecule has 0 spiro atoms. The average Bonchev–Trinajstić information content (AvgIpc) is 2.44. The predicted molar refractivity (Wildman–Crippen MR) is 76.6 cm³/mol. The average molecular weight is 314 g/mol. The lowest BCUT2D eigenvalue weighted by atomic mass is 10.1. The van der Waals surface area contributed by atoms with Crippen LogP contribution in [-0.2, 0) is 14.8 Å². The Labute approximate surface area is 123 Å². The van der Waals surface area contributed by atoms with Gasteiger partial charge in [0.1, 0.15) is 5.75 Å². The molecule has 2 atom stereocenters. The second-order valence-electron chi connectivity index (χ2n) is 5.06. The molecule has 1 aliphatic rings. The molecule has 0 aromatic heterocycles. The first-order chi connectivity index (χ1) is 9.83. The molecule has 1 heterocycles. The summed E-state index contributed by atoms with van der Waals surface area (Å²) in [5.41, 5.74) is 0.331. The van der Waals surface area contributed by atoms with E-state index in [9.17, 15) is 13.2 Å². The molecule has 0 fully saturated rings. The predicted octanol–water partition coefficient (Wildman–Crippen LogP) is 0.313. The molecule has 1 amide bonds. The van der Waals surface area contributed by atoms with Crippen LogP contribution in [0.25, 0.3) is 0 Å². The van der Waals surface area contributed by atoms with Gasteiger partial charge in [0.15, 0.2) is 6.61 Å². The van der Waals surface area contributed by atoms with Gasteiger partial charge in [0.25, 0.3) is 5.91 Å². The molecular formula is C13H18N2O5S. The van der Waals surface area contributed by atoms with Crippen molar-refractivity contribution in [1.29, 1.82) is 0 Å². The van der Waals surface area contributed by atoms with E-state index in [0.717, 1.165) is 0 Å². The van der Waals surface area contributed by atoms with Gasteiger partial charge in [0, 0.05) is 12.6 Å². The highest BCUT2D eigenvalue weighted by Crippen LogP contribution is 2.30. The zero-order valence-electron chi connectivity index (χ0n) is 11.8. The molecule has 0 aliphatic carbocycles. The minimum absolute atomic E-state index is 0.0315. The highest BCUT2D eigenvalue weighted by atomic mass is 32.2.